The molecule has 0 N–H and O–H groups in total. The molecule has 0 bridgehead atoms. The van der Waals surface area contributed by atoms with Crippen LogP contribution in [0.25, 0.3) is 0 Å². The summed E-state index contributed by atoms with van der Waals surface area (Å²) in [5.74, 6) is 0.529. The maximum Gasteiger partial charge on any atom is 0.253 e. The summed E-state index contributed by atoms with van der Waals surface area (Å²) in [7, 11) is 1.85. The number of rotatable bonds is 5. The highest BCUT2D eigenvalue weighted by Crippen LogP contribution is 2.09. The van der Waals surface area contributed by atoms with Crippen molar-refractivity contribution >= 4 is 17.5 Å². The zero-order valence-electron chi connectivity index (χ0n) is 11.8. The lowest BCUT2D eigenvalue weighted by Gasteiger charge is -2.28. The van der Waals surface area contributed by atoms with Crippen molar-refractivity contribution in [2.24, 2.45) is 0 Å². The Morgan fingerprint density at radius 1 is 1.30 bits per heavy atom. The van der Waals surface area contributed by atoms with Gasteiger partial charge in [-0.2, -0.15) is 0 Å². The molecule has 0 radical (unpaired) electrons. The van der Waals surface area contributed by atoms with Gasteiger partial charge < -0.3 is 9.64 Å². The Hall–Kier alpha value is -1.10. The van der Waals surface area contributed by atoms with Crippen molar-refractivity contribution in [1.29, 1.82) is 0 Å². The van der Waals surface area contributed by atoms with Crippen molar-refractivity contribution in [3.8, 4) is 0 Å². The zero-order valence-corrected chi connectivity index (χ0v) is 12.6. The molecule has 0 aromatic heterocycles. The smallest absolute Gasteiger partial charge is 0.253 e. The number of ether oxygens (including phenoxy) is 1. The van der Waals surface area contributed by atoms with Crippen LogP contribution >= 0.6 is 11.6 Å². The van der Waals surface area contributed by atoms with E-state index in [0.717, 1.165) is 45.0 Å². The van der Waals surface area contributed by atoms with Crippen molar-refractivity contribution in [3.63, 3.8) is 0 Å². The number of halogens is 1. The Bertz CT molecular complexity index is 430. The van der Waals surface area contributed by atoms with Gasteiger partial charge in [0.1, 0.15) is 0 Å². The number of morpholine rings is 1. The van der Waals surface area contributed by atoms with Crippen molar-refractivity contribution in [2.75, 3.05) is 46.4 Å². The molecule has 1 aromatic carbocycles. The van der Waals surface area contributed by atoms with Gasteiger partial charge in [-0.3, -0.25) is 9.69 Å². The Morgan fingerprint density at radius 3 is 2.55 bits per heavy atom. The van der Waals surface area contributed by atoms with Crippen LogP contribution in [0.3, 0.4) is 0 Å². The zero-order chi connectivity index (χ0) is 14.4. The second-order valence-electron chi connectivity index (χ2n) is 5.01. The van der Waals surface area contributed by atoms with E-state index in [0.29, 0.717) is 11.4 Å². The number of benzene rings is 1. The van der Waals surface area contributed by atoms with Crippen LogP contribution in [-0.4, -0.2) is 62.1 Å². The minimum absolute atomic E-state index is 0.0550. The van der Waals surface area contributed by atoms with Gasteiger partial charge in [0.25, 0.3) is 5.91 Å². The van der Waals surface area contributed by atoms with E-state index in [1.165, 1.54) is 0 Å². The number of alkyl halides is 1. The van der Waals surface area contributed by atoms with E-state index in [2.05, 4.69) is 4.90 Å². The molecule has 1 heterocycles. The molecule has 1 aromatic rings. The fourth-order valence-electron chi connectivity index (χ4n) is 2.17. The minimum atomic E-state index is 0.0550. The summed E-state index contributed by atoms with van der Waals surface area (Å²) in [6.45, 7) is 5.11. The second-order valence-corrected chi connectivity index (χ2v) is 5.28. The normalized spacial score (nSPS) is 16.1. The van der Waals surface area contributed by atoms with Crippen molar-refractivity contribution in [2.45, 2.75) is 5.88 Å². The molecule has 1 saturated heterocycles. The largest absolute Gasteiger partial charge is 0.379 e. The monoisotopic (exact) mass is 296 g/mol. The molecule has 1 aliphatic rings. The van der Waals surface area contributed by atoms with Gasteiger partial charge in [-0.25, -0.2) is 0 Å². The first-order chi connectivity index (χ1) is 9.70. The molecular formula is C15H21ClN2O2. The van der Waals surface area contributed by atoms with Gasteiger partial charge in [-0.15, -0.1) is 11.6 Å². The highest BCUT2D eigenvalue weighted by molar-refractivity contribution is 6.17. The van der Waals surface area contributed by atoms with E-state index in [4.69, 9.17) is 16.3 Å². The topological polar surface area (TPSA) is 32.8 Å². The molecule has 0 spiro atoms. The van der Waals surface area contributed by atoms with Crippen molar-refractivity contribution < 1.29 is 9.53 Å². The van der Waals surface area contributed by atoms with Gasteiger partial charge >= 0.3 is 0 Å². The Balaban J connectivity index is 1.83. The first-order valence-electron chi connectivity index (χ1n) is 6.91. The molecule has 0 aliphatic carbocycles. The molecule has 110 valence electrons. The standard InChI is InChI=1S/C15H21ClN2O2/c1-17(6-7-18-8-10-20-11-9-18)15(19)14-4-2-13(12-16)3-5-14/h2-5H,6-12H2,1H3. The number of nitrogens with zero attached hydrogens (tertiary/aromatic N) is 2. The summed E-state index contributed by atoms with van der Waals surface area (Å²) in [4.78, 5) is 16.4. The summed E-state index contributed by atoms with van der Waals surface area (Å²) >= 11 is 5.75. The van der Waals surface area contributed by atoms with Crippen LogP contribution in [0.1, 0.15) is 15.9 Å². The van der Waals surface area contributed by atoms with Gasteiger partial charge in [0.15, 0.2) is 0 Å². The lowest BCUT2D eigenvalue weighted by atomic mass is 10.1. The Morgan fingerprint density at radius 2 is 1.95 bits per heavy atom. The third-order valence-electron chi connectivity index (χ3n) is 3.56. The summed E-state index contributed by atoms with van der Waals surface area (Å²) in [5.41, 5.74) is 1.74. The first kappa shape index (κ1) is 15.3. The number of carbonyl (C=O) groups excluding carboxylic acids is 1. The molecule has 5 heteroatoms. The minimum Gasteiger partial charge on any atom is -0.379 e. The predicted molar refractivity (Wildman–Crippen MR) is 80.2 cm³/mol. The average Bonchev–Trinajstić information content (AvgIpc) is 2.53. The summed E-state index contributed by atoms with van der Waals surface area (Å²) in [6.07, 6.45) is 0. The molecule has 1 aliphatic heterocycles. The number of amides is 1. The van der Waals surface area contributed by atoms with Crippen LogP contribution in [0.5, 0.6) is 0 Å². The maximum atomic E-state index is 12.3. The highest BCUT2D eigenvalue weighted by atomic mass is 35.5. The van der Waals surface area contributed by atoms with Crippen LogP contribution in [0.15, 0.2) is 24.3 Å². The average molecular weight is 297 g/mol. The number of hydrogen-bond donors (Lipinski definition) is 0. The van der Waals surface area contributed by atoms with Gasteiger partial charge in [-0.05, 0) is 17.7 Å². The van der Waals surface area contributed by atoms with E-state index in [1.807, 2.05) is 31.3 Å². The molecule has 0 unspecified atom stereocenters. The SMILES string of the molecule is CN(CCN1CCOCC1)C(=O)c1ccc(CCl)cc1. The predicted octanol–water partition coefficient (Wildman–Crippen LogP) is 1.83. The van der Waals surface area contributed by atoms with Crippen LogP contribution < -0.4 is 0 Å². The summed E-state index contributed by atoms with van der Waals surface area (Å²) in [5, 5.41) is 0. The Kier molecular flexibility index (Phi) is 5.83. The lowest BCUT2D eigenvalue weighted by molar-refractivity contribution is 0.0338. The quantitative estimate of drug-likeness (QED) is 0.777. The molecule has 0 atom stereocenters. The molecule has 1 fully saturated rings. The van der Waals surface area contributed by atoms with E-state index < -0.39 is 0 Å². The molecule has 20 heavy (non-hydrogen) atoms. The van der Waals surface area contributed by atoms with Crippen molar-refractivity contribution in [1.82, 2.24) is 9.80 Å². The fourth-order valence-corrected chi connectivity index (χ4v) is 2.35. The van der Waals surface area contributed by atoms with E-state index >= 15 is 0 Å². The third-order valence-corrected chi connectivity index (χ3v) is 3.87. The molecular weight excluding hydrogens is 276 g/mol. The molecule has 2 rings (SSSR count). The Labute approximate surface area is 125 Å². The fraction of sp³-hybridized carbons (Fsp3) is 0.533. The number of carbonyl (C=O) groups is 1. The van der Waals surface area contributed by atoms with Gasteiger partial charge in [0, 0.05) is 44.7 Å². The van der Waals surface area contributed by atoms with E-state index in [9.17, 15) is 4.79 Å². The van der Waals surface area contributed by atoms with Gasteiger partial charge in [-0.1, -0.05) is 12.1 Å². The summed E-state index contributed by atoms with van der Waals surface area (Å²) in [6, 6.07) is 7.47. The van der Waals surface area contributed by atoms with Gasteiger partial charge in [0.2, 0.25) is 0 Å². The second kappa shape index (κ2) is 7.62. The maximum absolute atomic E-state index is 12.3. The van der Waals surface area contributed by atoms with Crippen LogP contribution in [0, 0.1) is 0 Å². The molecule has 0 saturated carbocycles. The molecule has 4 nitrogen and oxygen atoms in total. The third kappa shape index (κ3) is 4.20. The summed E-state index contributed by atoms with van der Waals surface area (Å²) < 4.78 is 5.31. The van der Waals surface area contributed by atoms with E-state index in [1.54, 1.807) is 4.90 Å². The van der Waals surface area contributed by atoms with Crippen LogP contribution in [-0.2, 0) is 10.6 Å². The van der Waals surface area contributed by atoms with Crippen LogP contribution in [0.4, 0.5) is 0 Å². The highest BCUT2D eigenvalue weighted by Gasteiger charge is 2.14. The first-order valence-corrected chi connectivity index (χ1v) is 7.44. The van der Waals surface area contributed by atoms with Gasteiger partial charge in [0.05, 0.1) is 13.2 Å². The van der Waals surface area contributed by atoms with E-state index in [-0.39, 0.29) is 5.91 Å². The van der Waals surface area contributed by atoms with Crippen molar-refractivity contribution in [3.05, 3.63) is 35.4 Å². The lowest BCUT2D eigenvalue weighted by Crippen LogP contribution is -2.41. The molecule has 1 amide bonds. The number of hydrogen-bond acceptors (Lipinski definition) is 3. The van der Waals surface area contributed by atoms with Crippen LogP contribution in [0.2, 0.25) is 0 Å². The number of likely N-dealkylation sites (N-methyl/N-ethyl adjacent to an activating group) is 1.